The summed E-state index contributed by atoms with van der Waals surface area (Å²) in [6.07, 6.45) is 1.58. The third kappa shape index (κ3) is 4.13. The molecule has 0 saturated heterocycles. The number of fused-ring (bicyclic) bond motifs is 1. The van der Waals surface area contributed by atoms with Crippen LogP contribution >= 0.6 is 0 Å². The Labute approximate surface area is 168 Å². The van der Waals surface area contributed by atoms with Gasteiger partial charge in [0.15, 0.2) is 11.5 Å². The number of ether oxygens (including phenoxy) is 2. The largest absolute Gasteiger partial charge is 0.493 e. The number of rotatable bonds is 6. The van der Waals surface area contributed by atoms with Gasteiger partial charge in [0.25, 0.3) is 11.8 Å². The van der Waals surface area contributed by atoms with E-state index in [-0.39, 0.29) is 17.2 Å². The van der Waals surface area contributed by atoms with Gasteiger partial charge in [0.2, 0.25) is 0 Å². The third-order valence-corrected chi connectivity index (χ3v) is 4.32. The standard InChI is InChI=1S/C22H21NO6/c1-13(2)29-18-9-8-14(11-19(18)28-3)10-17-15-6-4-5-7-16(15)21(26)23(22(17)27)12-20(24)25/h4-11,13H,12H2,1-3H3,(H,24,25)/b17-10-. The van der Waals surface area contributed by atoms with Crippen LogP contribution in [0.1, 0.15) is 35.3 Å². The Kier molecular flexibility index (Phi) is 5.68. The molecule has 2 aromatic rings. The number of methoxy groups -OCH3 is 1. The van der Waals surface area contributed by atoms with E-state index in [1.807, 2.05) is 13.8 Å². The Morgan fingerprint density at radius 2 is 1.76 bits per heavy atom. The number of hydrogen-bond acceptors (Lipinski definition) is 5. The van der Waals surface area contributed by atoms with Gasteiger partial charge < -0.3 is 14.6 Å². The van der Waals surface area contributed by atoms with Crippen molar-refractivity contribution >= 4 is 29.4 Å². The molecule has 0 spiro atoms. The summed E-state index contributed by atoms with van der Waals surface area (Å²) in [6.45, 7) is 3.11. The Bertz CT molecular complexity index is 1010. The number of imide groups is 1. The number of carbonyl (C=O) groups excluding carboxylic acids is 2. The maximum Gasteiger partial charge on any atom is 0.323 e. The molecule has 2 aromatic carbocycles. The molecule has 29 heavy (non-hydrogen) atoms. The van der Waals surface area contributed by atoms with Crippen molar-refractivity contribution in [1.29, 1.82) is 0 Å². The summed E-state index contributed by atoms with van der Waals surface area (Å²) in [4.78, 5) is 37.4. The lowest BCUT2D eigenvalue weighted by Crippen LogP contribution is -2.44. The summed E-state index contributed by atoms with van der Waals surface area (Å²) in [5.74, 6) is -1.46. The van der Waals surface area contributed by atoms with Crippen LogP contribution in [0.5, 0.6) is 11.5 Å². The molecule has 1 aliphatic rings. The minimum absolute atomic E-state index is 0.0320. The number of aliphatic carboxylic acids is 1. The number of carboxylic acids is 1. The van der Waals surface area contributed by atoms with Crippen molar-refractivity contribution in [2.75, 3.05) is 13.7 Å². The minimum Gasteiger partial charge on any atom is -0.493 e. The zero-order valence-electron chi connectivity index (χ0n) is 16.3. The first-order valence-corrected chi connectivity index (χ1v) is 9.05. The summed E-state index contributed by atoms with van der Waals surface area (Å²) >= 11 is 0. The summed E-state index contributed by atoms with van der Waals surface area (Å²) in [6, 6.07) is 11.9. The average molecular weight is 395 g/mol. The first kappa shape index (κ1) is 20.1. The molecule has 0 aromatic heterocycles. The SMILES string of the molecule is COc1cc(/C=C2\C(=O)N(CC(=O)O)C(=O)c3ccccc32)ccc1OC(C)C. The number of hydrogen-bond donors (Lipinski definition) is 1. The lowest BCUT2D eigenvalue weighted by atomic mass is 9.92. The van der Waals surface area contributed by atoms with Crippen LogP contribution in [-0.2, 0) is 9.59 Å². The molecule has 7 nitrogen and oxygen atoms in total. The van der Waals surface area contributed by atoms with E-state index in [4.69, 9.17) is 14.6 Å². The smallest absolute Gasteiger partial charge is 0.323 e. The van der Waals surface area contributed by atoms with Crippen LogP contribution in [0, 0.1) is 0 Å². The van der Waals surface area contributed by atoms with E-state index in [0.29, 0.717) is 22.6 Å². The molecule has 3 rings (SSSR count). The highest BCUT2D eigenvalue weighted by atomic mass is 16.5. The molecular weight excluding hydrogens is 374 g/mol. The summed E-state index contributed by atoms with van der Waals surface area (Å²) < 4.78 is 11.1. The lowest BCUT2D eigenvalue weighted by Gasteiger charge is -2.27. The zero-order valence-corrected chi connectivity index (χ0v) is 16.3. The van der Waals surface area contributed by atoms with Gasteiger partial charge in [-0.25, -0.2) is 0 Å². The minimum atomic E-state index is -1.26. The Hall–Kier alpha value is -3.61. The van der Waals surface area contributed by atoms with Gasteiger partial charge in [0, 0.05) is 11.1 Å². The van der Waals surface area contributed by atoms with Crippen LogP contribution in [0.4, 0.5) is 0 Å². The van der Waals surface area contributed by atoms with Gasteiger partial charge in [-0.15, -0.1) is 0 Å². The molecule has 7 heteroatoms. The monoisotopic (exact) mass is 395 g/mol. The summed E-state index contributed by atoms with van der Waals surface area (Å²) in [5.41, 5.74) is 1.64. The van der Waals surface area contributed by atoms with Crippen LogP contribution in [-0.4, -0.2) is 47.5 Å². The fourth-order valence-corrected chi connectivity index (χ4v) is 3.11. The predicted molar refractivity (Wildman–Crippen MR) is 107 cm³/mol. The lowest BCUT2D eigenvalue weighted by molar-refractivity contribution is -0.141. The normalized spacial score (nSPS) is 14.9. The second-order valence-corrected chi connectivity index (χ2v) is 6.77. The van der Waals surface area contributed by atoms with Crippen molar-refractivity contribution in [2.45, 2.75) is 20.0 Å². The predicted octanol–water partition coefficient (Wildman–Crippen LogP) is 3.09. The summed E-state index contributed by atoms with van der Waals surface area (Å²) in [5, 5.41) is 9.10. The summed E-state index contributed by atoms with van der Waals surface area (Å²) in [7, 11) is 1.52. The first-order chi connectivity index (χ1) is 13.8. The molecule has 1 N–H and O–H groups in total. The molecule has 0 atom stereocenters. The van der Waals surface area contributed by atoms with Gasteiger partial charge in [0.1, 0.15) is 6.54 Å². The maximum absolute atomic E-state index is 12.9. The average Bonchev–Trinajstić information content (AvgIpc) is 2.69. The molecule has 0 bridgehead atoms. The zero-order chi connectivity index (χ0) is 21.1. The fourth-order valence-electron chi connectivity index (χ4n) is 3.11. The van der Waals surface area contributed by atoms with E-state index in [1.54, 1.807) is 48.5 Å². The van der Waals surface area contributed by atoms with Gasteiger partial charge in [0.05, 0.1) is 13.2 Å². The molecule has 150 valence electrons. The van der Waals surface area contributed by atoms with Gasteiger partial charge in [-0.1, -0.05) is 24.3 Å². The Morgan fingerprint density at radius 1 is 1.07 bits per heavy atom. The highest BCUT2D eigenvalue weighted by molar-refractivity contribution is 6.34. The molecule has 2 amide bonds. The topological polar surface area (TPSA) is 93.1 Å². The van der Waals surface area contributed by atoms with Crippen molar-refractivity contribution in [2.24, 2.45) is 0 Å². The second kappa shape index (κ2) is 8.18. The van der Waals surface area contributed by atoms with Gasteiger partial charge in [-0.05, 0) is 49.2 Å². The molecule has 0 aliphatic carbocycles. The van der Waals surface area contributed by atoms with Crippen molar-refractivity contribution in [1.82, 2.24) is 4.90 Å². The molecule has 1 aliphatic heterocycles. The number of nitrogens with zero attached hydrogens (tertiary/aromatic N) is 1. The van der Waals surface area contributed by atoms with E-state index in [0.717, 1.165) is 4.90 Å². The van der Waals surface area contributed by atoms with E-state index in [1.165, 1.54) is 7.11 Å². The number of benzene rings is 2. The van der Waals surface area contributed by atoms with E-state index >= 15 is 0 Å². The van der Waals surface area contributed by atoms with E-state index < -0.39 is 24.3 Å². The first-order valence-electron chi connectivity index (χ1n) is 9.05. The molecule has 0 saturated carbocycles. The van der Waals surface area contributed by atoms with Crippen LogP contribution in [0.2, 0.25) is 0 Å². The van der Waals surface area contributed by atoms with Crippen LogP contribution in [0.15, 0.2) is 42.5 Å². The Balaban J connectivity index is 2.09. The number of amides is 2. The number of carboxylic acid groups (broad SMARTS) is 1. The van der Waals surface area contributed by atoms with Crippen LogP contribution in [0.25, 0.3) is 11.6 Å². The van der Waals surface area contributed by atoms with E-state index in [9.17, 15) is 14.4 Å². The highest BCUT2D eigenvalue weighted by Crippen LogP contribution is 2.33. The number of carbonyl (C=O) groups is 3. The molecule has 0 fully saturated rings. The van der Waals surface area contributed by atoms with Crippen molar-refractivity contribution in [3.8, 4) is 11.5 Å². The molecule has 0 radical (unpaired) electrons. The van der Waals surface area contributed by atoms with Crippen molar-refractivity contribution < 1.29 is 29.0 Å². The Morgan fingerprint density at radius 3 is 2.38 bits per heavy atom. The van der Waals surface area contributed by atoms with Crippen LogP contribution in [0.3, 0.4) is 0 Å². The molecule has 0 unspecified atom stereocenters. The van der Waals surface area contributed by atoms with Gasteiger partial charge in [-0.2, -0.15) is 0 Å². The quantitative estimate of drug-likeness (QED) is 0.597. The molecule has 1 heterocycles. The molecular formula is C22H21NO6. The van der Waals surface area contributed by atoms with Crippen molar-refractivity contribution in [3.63, 3.8) is 0 Å². The van der Waals surface area contributed by atoms with Gasteiger partial charge >= 0.3 is 5.97 Å². The fraction of sp³-hybridized carbons (Fsp3) is 0.227. The van der Waals surface area contributed by atoms with Crippen LogP contribution < -0.4 is 9.47 Å². The van der Waals surface area contributed by atoms with Crippen molar-refractivity contribution in [3.05, 3.63) is 59.2 Å². The maximum atomic E-state index is 12.9. The third-order valence-electron chi connectivity index (χ3n) is 4.32. The highest BCUT2D eigenvalue weighted by Gasteiger charge is 2.35. The second-order valence-electron chi connectivity index (χ2n) is 6.77. The van der Waals surface area contributed by atoms with E-state index in [2.05, 4.69) is 0 Å². The van der Waals surface area contributed by atoms with Gasteiger partial charge in [-0.3, -0.25) is 19.3 Å².